The van der Waals surface area contributed by atoms with Gasteiger partial charge >= 0.3 is 0 Å². The van der Waals surface area contributed by atoms with Crippen LogP contribution in [0.4, 0.5) is 0 Å². The quantitative estimate of drug-likeness (QED) is 0.652. The Morgan fingerprint density at radius 2 is 2.07 bits per heavy atom. The molecular weight excluding hydrogens is 192 g/mol. The van der Waals surface area contributed by atoms with Crippen LogP contribution in [0, 0.1) is 0 Å². The summed E-state index contributed by atoms with van der Waals surface area (Å²) in [6, 6.07) is 0. The molecule has 78 valence electrons. The summed E-state index contributed by atoms with van der Waals surface area (Å²) < 4.78 is 0. The summed E-state index contributed by atoms with van der Waals surface area (Å²) in [4.78, 5) is 12.2. The minimum atomic E-state index is 0.919. The highest BCUT2D eigenvalue weighted by atomic mass is 32.1. The Bertz CT molecular complexity index is 289. The molecule has 0 radical (unpaired) electrons. The van der Waals surface area contributed by atoms with Crippen LogP contribution in [0.5, 0.6) is 0 Å². The second-order valence-electron chi connectivity index (χ2n) is 3.56. The van der Waals surface area contributed by atoms with Crippen molar-refractivity contribution in [2.24, 2.45) is 0 Å². The van der Waals surface area contributed by atoms with E-state index in [2.05, 4.69) is 13.8 Å². The molecule has 0 spiro atoms. The zero-order chi connectivity index (χ0) is 10.4. The highest BCUT2D eigenvalue weighted by Gasteiger charge is 2.09. The van der Waals surface area contributed by atoms with Crippen LogP contribution in [0.3, 0.4) is 0 Å². The van der Waals surface area contributed by atoms with Crippen molar-refractivity contribution in [2.45, 2.75) is 46.0 Å². The summed E-state index contributed by atoms with van der Waals surface area (Å²) in [5.41, 5.74) is 2.23. The molecule has 0 bridgehead atoms. The van der Waals surface area contributed by atoms with Crippen LogP contribution in [-0.4, -0.2) is 6.29 Å². The fourth-order valence-electron chi connectivity index (χ4n) is 1.62. The number of thiophene rings is 1. The zero-order valence-corrected chi connectivity index (χ0v) is 9.82. The van der Waals surface area contributed by atoms with E-state index in [1.165, 1.54) is 23.3 Å². The Morgan fingerprint density at radius 1 is 1.29 bits per heavy atom. The smallest absolute Gasteiger partial charge is 0.151 e. The van der Waals surface area contributed by atoms with Gasteiger partial charge in [-0.05, 0) is 24.8 Å². The van der Waals surface area contributed by atoms with E-state index < -0.39 is 0 Å². The van der Waals surface area contributed by atoms with Crippen molar-refractivity contribution < 1.29 is 4.79 Å². The summed E-state index contributed by atoms with van der Waals surface area (Å²) in [5, 5.41) is 2.00. The Morgan fingerprint density at radius 3 is 2.64 bits per heavy atom. The van der Waals surface area contributed by atoms with Crippen molar-refractivity contribution in [3.63, 3.8) is 0 Å². The summed E-state index contributed by atoms with van der Waals surface area (Å²) in [5.74, 6) is 0. The average molecular weight is 210 g/mol. The van der Waals surface area contributed by atoms with Crippen molar-refractivity contribution in [1.82, 2.24) is 0 Å². The standard InChI is InChI=1S/C12H18OS/c1-3-5-7-12-11(6-4-2)10(8-13)9-14-12/h8-9H,3-7H2,1-2H3. The molecule has 0 aliphatic rings. The predicted octanol–water partition coefficient (Wildman–Crippen LogP) is 3.86. The molecule has 1 heterocycles. The van der Waals surface area contributed by atoms with Gasteiger partial charge in [0.15, 0.2) is 6.29 Å². The first kappa shape index (κ1) is 11.4. The van der Waals surface area contributed by atoms with Crippen LogP contribution in [0.2, 0.25) is 0 Å². The van der Waals surface area contributed by atoms with Crippen molar-refractivity contribution in [1.29, 1.82) is 0 Å². The maximum Gasteiger partial charge on any atom is 0.151 e. The summed E-state index contributed by atoms with van der Waals surface area (Å²) in [6.45, 7) is 4.36. The largest absolute Gasteiger partial charge is 0.298 e. The number of carbonyl (C=O) groups is 1. The first-order valence-corrected chi connectivity index (χ1v) is 6.25. The molecular formula is C12H18OS. The van der Waals surface area contributed by atoms with Crippen LogP contribution in [0.1, 0.15) is 53.9 Å². The van der Waals surface area contributed by atoms with Crippen LogP contribution < -0.4 is 0 Å². The number of hydrogen-bond acceptors (Lipinski definition) is 2. The molecule has 1 aromatic heterocycles. The fraction of sp³-hybridized carbons (Fsp3) is 0.583. The lowest BCUT2D eigenvalue weighted by Gasteiger charge is -2.02. The number of aldehydes is 1. The highest BCUT2D eigenvalue weighted by Crippen LogP contribution is 2.24. The molecule has 0 aliphatic carbocycles. The lowest BCUT2D eigenvalue weighted by Crippen LogP contribution is -1.92. The van der Waals surface area contributed by atoms with Gasteiger partial charge in [0.25, 0.3) is 0 Å². The minimum Gasteiger partial charge on any atom is -0.298 e. The van der Waals surface area contributed by atoms with Gasteiger partial charge in [0.05, 0.1) is 0 Å². The van der Waals surface area contributed by atoms with E-state index in [-0.39, 0.29) is 0 Å². The van der Waals surface area contributed by atoms with Gasteiger partial charge in [0, 0.05) is 15.8 Å². The second-order valence-corrected chi connectivity index (χ2v) is 4.53. The van der Waals surface area contributed by atoms with Gasteiger partial charge in [0.1, 0.15) is 0 Å². The van der Waals surface area contributed by atoms with Crippen molar-refractivity contribution in [2.75, 3.05) is 0 Å². The van der Waals surface area contributed by atoms with E-state index in [1.54, 1.807) is 11.3 Å². The molecule has 0 fully saturated rings. The van der Waals surface area contributed by atoms with Gasteiger partial charge in [-0.1, -0.05) is 26.7 Å². The number of unbranched alkanes of at least 4 members (excludes halogenated alkanes) is 1. The first-order chi connectivity index (χ1) is 6.83. The minimum absolute atomic E-state index is 0.919. The number of hydrogen-bond donors (Lipinski definition) is 0. The van der Waals surface area contributed by atoms with E-state index >= 15 is 0 Å². The SMILES string of the molecule is CCCCc1scc(C=O)c1CCC. The molecule has 1 nitrogen and oxygen atoms in total. The lowest BCUT2D eigenvalue weighted by molar-refractivity contribution is 0.112. The number of rotatable bonds is 6. The van der Waals surface area contributed by atoms with E-state index in [1.807, 2.05) is 5.38 Å². The molecule has 2 heteroatoms. The Labute approximate surface area is 90.2 Å². The van der Waals surface area contributed by atoms with E-state index in [0.717, 1.165) is 31.1 Å². The molecule has 0 atom stereocenters. The highest BCUT2D eigenvalue weighted by molar-refractivity contribution is 7.10. The normalized spacial score (nSPS) is 10.4. The number of aryl methyl sites for hydroxylation is 1. The van der Waals surface area contributed by atoms with Crippen molar-refractivity contribution >= 4 is 17.6 Å². The van der Waals surface area contributed by atoms with Crippen LogP contribution in [-0.2, 0) is 12.8 Å². The van der Waals surface area contributed by atoms with E-state index in [4.69, 9.17) is 0 Å². The van der Waals surface area contributed by atoms with Crippen LogP contribution >= 0.6 is 11.3 Å². The third-order valence-corrected chi connectivity index (χ3v) is 3.50. The maximum atomic E-state index is 10.8. The average Bonchev–Trinajstić information content (AvgIpc) is 2.58. The summed E-state index contributed by atoms with van der Waals surface area (Å²) in [7, 11) is 0. The molecule has 1 rings (SSSR count). The van der Waals surface area contributed by atoms with Crippen LogP contribution in [0.25, 0.3) is 0 Å². The van der Waals surface area contributed by atoms with E-state index in [9.17, 15) is 4.79 Å². The molecule has 0 aliphatic heterocycles. The van der Waals surface area contributed by atoms with Gasteiger partial charge in [-0.3, -0.25) is 4.79 Å². The third kappa shape index (κ3) is 2.68. The van der Waals surface area contributed by atoms with Crippen LogP contribution in [0.15, 0.2) is 5.38 Å². The molecule has 0 N–H and O–H groups in total. The van der Waals surface area contributed by atoms with Gasteiger partial charge in [0.2, 0.25) is 0 Å². The Kier molecular flexibility index (Phi) is 4.88. The van der Waals surface area contributed by atoms with E-state index in [0.29, 0.717) is 0 Å². The maximum absolute atomic E-state index is 10.8. The Balaban J connectivity index is 2.80. The predicted molar refractivity (Wildman–Crippen MR) is 62.3 cm³/mol. The first-order valence-electron chi connectivity index (χ1n) is 5.37. The van der Waals surface area contributed by atoms with Crippen molar-refractivity contribution in [3.8, 4) is 0 Å². The second kappa shape index (κ2) is 5.97. The molecule has 1 aromatic rings. The summed E-state index contributed by atoms with van der Waals surface area (Å²) >= 11 is 1.75. The van der Waals surface area contributed by atoms with Gasteiger partial charge in [-0.15, -0.1) is 11.3 Å². The Hall–Kier alpha value is -0.630. The molecule has 0 saturated carbocycles. The lowest BCUT2D eigenvalue weighted by atomic mass is 10.0. The molecule has 0 aromatic carbocycles. The molecule has 0 saturated heterocycles. The van der Waals surface area contributed by atoms with Gasteiger partial charge in [-0.2, -0.15) is 0 Å². The molecule has 0 amide bonds. The topological polar surface area (TPSA) is 17.1 Å². The zero-order valence-electron chi connectivity index (χ0n) is 9.01. The molecule has 14 heavy (non-hydrogen) atoms. The fourth-order valence-corrected chi connectivity index (χ4v) is 2.71. The summed E-state index contributed by atoms with van der Waals surface area (Å²) in [6.07, 6.45) is 6.77. The third-order valence-electron chi connectivity index (χ3n) is 2.40. The number of carbonyl (C=O) groups excluding carboxylic acids is 1. The van der Waals surface area contributed by atoms with Gasteiger partial charge in [-0.25, -0.2) is 0 Å². The van der Waals surface area contributed by atoms with Gasteiger partial charge < -0.3 is 0 Å². The monoisotopic (exact) mass is 210 g/mol. The van der Waals surface area contributed by atoms with Crippen molar-refractivity contribution in [3.05, 3.63) is 21.4 Å². The molecule has 0 unspecified atom stereocenters.